The SMILES string of the molecule is COc1cc([C@@H]2SCC(=O)N2c2ccc(Cl)cc2)ccc1OCc1ccc([N+](=O)[O-])cc1. The molecule has 0 saturated carbocycles. The molecule has 1 aliphatic heterocycles. The minimum absolute atomic E-state index is 0.0276. The number of benzene rings is 3. The Bertz CT molecular complexity index is 1140. The van der Waals surface area contributed by atoms with E-state index in [4.69, 9.17) is 21.1 Å². The Hall–Kier alpha value is -3.23. The number of hydrogen-bond donors (Lipinski definition) is 0. The molecule has 1 atom stereocenters. The number of nitro groups is 1. The molecular formula is C23H19ClN2O5S. The van der Waals surface area contributed by atoms with Crippen LogP contribution in [0, 0.1) is 10.1 Å². The Morgan fingerprint density at radius 1 is 1.09 bits per heavy atom. The van der Waals surface area contributed by atoms with Gasteiger partial charge in [-0.15, -0.1) is 11.8 Å². The Kier molecular flexibility index (Phi) is 6.53. The van der Waals surface area contributed by atoms with Crippen LogP contribution < -0.4 is 14.4 Å². The maximum Gasteiger partial charge on any atom is 0.269 e. The molecular weight excluding hydrogens is 452 g/mol. The van der Waals surface area contributed by atoms with Crippen molar-refractivity contribution in [2.45, 2.75) is 12.0 Å². The summed E-state index contributed by atoms with van der Waals surface area (Å²) in [5.74, 6) is 1.50. The lowest BCUT2D eigenvalue weighted by molar-refractivity contribution is -0.384. The van der Waals surface area contributed by atoms with E-state index >= 15 is 0 Å². The number of amides is 1. The zero-order chi connectivity index (χ0) is 22.7. The number of carbonyl (C=O) groups is 1. The van der Waals surface area contributed by atoms with Crippen molar-refractivity contribution in [3.8, 4) is 11.5 Å². The van der Waals surface area contributed by atoms with Gasteiger partial charge in [-0.1, -0.05) is 17.7 Å². The fourth-order valence-corrected chi connectivity index (χ4v) is 4.68. The van der Waals surface area contributed by atoms with E-state index in [1.807, 2.05) is 30.3 Å². The van der Waals surface area contributed by atoms with Gasteiger partial charge >= 0.3 is 0 Å². The van der Waals surface area contributed by atoms with Crippen LogP contribution in [0.4, 0.5) is 11.4 Å². The molecule has 1 amide bonds. The first-order chi connectivity index (χ1) is 15.5. The number of ether oxygens (including phenoxy) is 2. The van der Waals surface area contributed by atoms with Crippen LogP contribution in [0.2, 0.25) is 5.02 Å². The fourth-order valence-electron chi connectivity index (χ4n) is 3.38. The molecule has 4 rings (SSSR count). The van der Waals surface area contributed by atoms with Gasteiger partial charge in [-0.25, -0.2) is 0 Å². The molecule has 0 radical (unpaired) electrons. The summed E-state index contributed by atoms with van der Waals surface area (Å²) >= 11 is 7.53. The second-order valence-electron chi connectivity index (χ2n) is 7.03. The summed E-state index contributed by atoms with van der Waals surface area (Å²) in [5.41, 5.74) is 2.53. The van der Waals surface area contributed by atoms with Gasteiger partial charge in [-0.3, -0.25) is 19.8 Å². The topological polar surface area (TPSA) is 81.9 Å². The molecule has 164 valence electrons. The van der Waals surface area contributed by atoms with E-state index < -0.39 is 4.92 Å². The van der Waals surface area contributed by atoms with Gasteiger partial charge in [-0.05, 0) is 59.7 Å². The molecule has 9 heteroatoms. The molecule has 0 N–H and O–H groups in total. The molecule has 0 aliphatic carbocycles. The number of nitrogens with zero attached hydrogens (tertiary/aromatic N) is 2. The Labute approximate surface area is 194 Å². The zero-order valence-electron chi connectivity index (χ0n) is 17.1. The van der Waals surface area contributed by atoms with E-state index in [-0.39, 0.29) is 23.6 Å². The van der Waals surface area contributed by atoms with Crippen molar-refractivity contribution in [1.29, 1.82) is 0 Å². The fraction of sp³-hybridized carbons (Fsp3) is 0.174. The van der Waals surface area contributed by atoms with Crippen molar-refractivity contribution in [2.75, 3.05) is 17.8 Å². The van der Waals surface area contributed by atoms with E-state index in [2.05, 4.69) is 0 Å². The predicted molar refractivity (Wildman–Crippen MR) is 125 cm³/mol. The van der Waals surface area contributed by atoms with Crippen molar-refractivity contribution in [2.24, 2.45) is 0 Å². The summed E-state index contributed by atoms with van der Waals surface area (Å²) in [6, 6.07) is 19.0. The third kappa shape index (κ3) is 4.66. The van der Waals surface area contributed by atoms with Gasteiger partial charge in [0.15, 0.2) is 11.5 Å². The van der Waals surface area contributed by atoms with Gasteiger partial charge in [0, 0.05) is 22.8 Å². The highest BCUT2D eigenvalue weighted by molar-refractivity contribution is 8.00. The summed E-state index contributed by atoms with van der Waals surface area (Å²) in [5, 5.41) is 11.2. The summed E-state index contributed by atoms with van der Waals surface area (Å²) in [6.07, 6.45) is 0. The number of nitro benzene ring substituents is 1. The van der Waals surface area contributed by atoms with Gasteiger partial charge in [-0.2, -0.15) is 0 Å². The second-order valence-corrected chi connectivity index (χ2v) is 8.53. The third-order valence-corrected chi connectivity index (χ3v) is 6.45. The molecule has 32 heavy (non-hydrogen) atoms. The average Bonchev–Trinajstić information content (AvgIpc) is 3.19. The minimum atomic E-state index is -0.439. The first-order valence-electron chi connectivity index (χ1n) is 9.69. The van der Waals surface area contributed by atoms with E-state index in [9.17, 15) is 14.9 Å². The monoisotopic (exact) mass is 470 g/mol. The maximum atomic E-state index is 12.6. The van der Waals surface area contributed by atoms with E-state index in [1.165, 1.54) is 12.1 Å². The molecule has 3 aromatic carbocycles. The van der Waals surface area contributed by atoms with Gasteiger partial charge < -0.3 is 9.47 Å². The van der Waals surface area contributed by atoms with Crippen LogP contribution in [-0.2, 0) is 11.4 Å². The molecule has 3 aromatic rings. The van der Waals surface area contributed by atoms with Crippen LogP contribution in [-0.4, -0.2) is 23.7 Å². The smallest absolute Gasteiger partial charge is 0.269 e. The Morgan fingerprint density at radius 2 is 1.81 bits per heavy atom. The molecule has 0 spiro atoms. The number of halogens is 1. The molecule has 7 nitrogen and oxygen atoms in total. The number of anilines is 1. The average molecular weight is 471 g/mol. The number of thioether (sulfide) groups is 1. The minimum Gasteiger partial charge on any atom is -0.493 e. The number of non-ortho nitro benzene ring substituents is 1. The van der Waals surface area contributed by atoms with Crippen LogP contribution in [0.3, 0.4) is 0 Å². The summed E-state index contributed by atoms with van der Waals surface area (Å²) in [4.78, 5) is 24.7. The molecule has 0 aromatic heterocycles. The lowest BCUT2D eigenvalue weighted by Gasteiger charge is -2.25. The van der Waals surface area contributed by atoms with Gasteiger partial charge in [0.05, 0.1) is 17.8 Å². The van der Waals surface area contributed by atoms with E-state index in [0.717, 1.165) is 16.8 Å². The number of carbonyl (C=O) groups excluding carboxylic acids is 1. The van der Waals surface area contributed by atoms with Crippen molar-refractivity contribution >= 4 is 40.6 Å². The number of methoxy groups -OCH3 is 1. The Morgan fingerprint density at radius 3 is 2.47 bits per heavy atom. The predicted octanol–water partition coefficient (Wildman–Crippen LogP) is 5.61. The number of rotatable bonds is 7. The zero-order valence-corrected chi connectivity index (χ0v) is 18.6. The second kappa shape index (κ2) is 9.50. The van der Waals surface area contributed by atoms with Crippen LogP contribution in [0.25, 0.3) is 0 Å². The highest BCUT2D eigenvalue weighted by atomic mass is 35.5. The molecule has 0 bridgehead atoms. The van der Waals surface area contributed by atoms with Crippen LogP contribution >= 0.6 is 23.4 Å². The molecule has 1 heterocycles. The number of hydrogen-bond acceptors (Lipinski definition) is 6. The molecule has 0 unspecified atom stereocenters. The van der Waals surface area contributed by atoms with Crippen LogP contribution in [0.15, 0.2) is 66.7 Å². The summed E-state index contributed by atoms with van der Waals surface area (Å²) in [7, 11) is 1.56. The molecule has 1 fully saturated rings. The Balaban J connectivity index is 1.53. The van der Waals surface area contributed by atoms with Crippen LogP contribution in [0.5, 0.6) is 11.5 Å². The quantitative estimate of drug-likeness (QED) is 0.329. The largest absolute Gasteiger partial charge is 0.493 e. The summed E-state index contributed by atoms with van der Waals surface area (Å²) in [6.45, 7) is 0.237. The van der Waals surface area contributed by atoms with Gasteiger partial charge in [0.2, 0.25) is 5.91 Å². The molecule has 1 aliphatic rings. The molecule has 1 saturated heterocycles. The first kappa shape index (κ1) is 22.0. The normalized spacial score (nSPS) is 15.6. The van der Waals surface area contributed by atoms with Crippen LogP contribution in [0.1, 0.15) is 16.5 Å². The third-order valence-electron chi connectivity index (χ3n) is 4.99. The lowest BCUT2D eigenvalue weighted by Crippen LogP contribution is -2.27. The lowest BCUT2D eigenvalue weighted by atomic mass is 10.1. The van der Waals surface area contributed by atoms with Crippen molar-refractivity contribution < 1.29 is 19.2 Å². The van der Waals surface area contributed by atoms with E-state index in [0.29, 0.717) is 22.3 Å². The standard InChI is InChI=1S/C23H19ClN2O5S/c1-30-21-12-16(23-25(22(27)14-32-23)18-9-5-17(24)6-10-18)4-11-20(21)31-13-15-2-7-19(8-3-15)26(28)29/h2-12,23H,13-14H2,1H3/t23-/m0/s1. The maximum absolute atomic E-state index is 12.6. The highest BCUT2D eigenvalue weighted by Crippen LogP contribution is 2.44. The van der Waals surface area contributed by atoms with Gasteiger partial charge in [0.25, 0.3) is 5.69 Å². The first-order valence-corrected chi connectivity index (χ1v) is 11.1. The van der Waals surface area contributed by atoms with Crippen molar-refractivity contribution in [3.05, 3.63) is 93.0 Å². The van der Waals surface area contributed by atoms with E-state index in [1.54, 1.807) is 48.0 Å². The summed E-state index contributed by atoms with van der Waals surface area (Å²) < 4.78 is 11.4. The van der Waals surface area contributed by atoms with Crippen molar-refractivity contribution in [1.82, 2.24) is 0 Å². The van der Waals surface area contributed by atoms with Crippen molar-refractivity contribution in [3.63, 3.8) is 0 Å². The highest BCUT2D eigenvalue weighted by Gasteiger charge is 2.34. The van der Waals surface area contributed by atoms with Gasteiger partial charge in [0.1, 0.15) is 12.0 Å².